The van der Waals surface area contributed by atoms with E-state index in [1.165, 1.54) is 0 Å². The van der Waals surface area contributed by atoms with Gasteiger partial charge in [0.25, 0.3) is 0 Å². The SMILES string of the molecule is Cc1cnn([C@H](CC#N)c2cccc(O)c2)c1. The van der Waals surface area contributed by atoms with Crippen molar-refractivity contribution in [2.24, 2.45) is 0 Å². The Hall–Kier alpha value is -2.28. The molecule has 0 aliphatic heterocycles. The number of nitrogens with zero attached hydrogens (tertiary/aromatic N) is 3. The van der Waals surface area contributed by atoms with Crippen molar-refractivity contribution in [3.63, 3.8) is 0 Å². The normalized spacial score (nSPS) is 12.0. The van der Waals surface area contributed by atoms with Gasteiger partial charge in [-0.2, -0.15) is 10.4 Å². The van der Waals surface area contributed by atoms with E-state index in [2.05, 4.69) is 11.2 Å². The van der Waals surface area contributed by atoms with Crippen LogP contribution < -0.4 is 0 Å². The summed E-state index contributed by atoms with van der Waals surface area (Å²) in [5.74, 6) is 0.203. The number of aromatic hydroxyl groups is 1. The van der Waals surface area contributed by atoms with Crippen molar-refractivity contribution in [2.75, 3.05) is 0 Å². The molecule has 1 heterocycles. The van der Waals surface area contributed by atoms with Crippen LogP contribution in [0.1, 0.15) is 23.6 Å². The van der Waals surface area contributed by atoms with Crippen LogP contribution in [0.25, 0.3) is 0 Å². The topological polar surface area (TPSA) is 61.8 Å². The monoisotopic (exact) mass is 227 g/mol. The van der Waals surface area contributed by atoms with Crippen LogP contribution in [0, 0.1) is 18.3 Å². The molecule has 1 aromatic carbocycles. The molecule has 0 bridgehead atoms. The third kappa shape index (κ3) is 2.45. The van der Waals surface area contributed by atoms with E-state index in [9.17, 15) is 5.11 Å². The number of phenolic OH excluding ortho intramolecular Hbond substituents is 1. The number of rotatable bonds is 3. The number of hydrogen-bond acceptors (Lipinski definition) is 3. The largest absolute Gasteiger partial charge is 0.508 e. The molecule has 86 valence electrons. The second kappa shape index (κ2) is 4.71. The van der Waals surface area contributed by atoms with Crippen LogP contribution in [0.5, 0.6) is 5.75 Å². The lowest BCUT2D eigenvalue weighted by Crippen LogP contribution is -2.10. The molecule has 0 saturated heterocycles. The number of hydrogen-bond donors (Lipinski definition) is 1. The molecule has 0 spiro atoms. The first-order chi connectivity index (χ1) is 8.20. The van der Waals surface area contributed by atoms with E-state index in [0.717, 1.165) is 11.1 Å². The number of aromatic nitrogens is 2. The van der Waals surface area contributed by atoms with Gasteiger partial charge in [-0.1, -0.05) is 12.1 Å². The molecule has 1 aromatic heterocycles. The van der Waals surface area contributed by atoms with Crippen LogP contribution in [0.15, 0.2) is 36.7 Å². The quantitative estimate of drug-likeness (QED) is 0.875. The van der Waals surface area contributed by atoms with E-state index in [1.807, 2.05) is 19.2 Å². The number of nitriles is 1. The van der Waals surface area contributed by atoms with Crippen molar-refractivity contribution < 1.29 is 5.11 Å². The second-order valence-corrected chi connectivity index (χ2v) is 3.97. The summed E-state index contributed by atoms with van der Waals surface area (Å²) < 4.78 is 1.76. The second-order valence-electron chi connectivity index (χ2n) is 3.97. The summed E-state index contributed by atoms with van der Waals surface area (Å²) in [5.41, 5.74) is 1.93. The minimum Gasteiger partial charge on any atom is -0.508 e. The van der Waals surface area contributed by atoms with E-state index in [0.29, 0.717) is 6.42 Å². The van der Waals surface area contributed by atoms with E-state index in [1.54, 1.807) is 29.1 Å². The fraction of sp³-hybridized carbons (Fsp3) is 0.231. The third-order valence-electron chi connectivity index (χ3n) is 2.59. The number of phenols is 1. The summed E-state index contributed by atoms with van der Waals surface area (Å²) in [4.78, 5) is 0. The molecule has 0 radical (unpaired) electrons. The maximum atomic E-state index is 9.47. The molecular weight excluding hydrogens is 214 g/mol. The summed E-state index contributed by atoms with van der Waals surface area (Å²) in [5, 5.41) is 22.6. The van der Waals surface area contributed by atoms with Crippen LogP contribution >= 0.6 is 0 Å². The molecule has 0 saturated carbocycles. The Morgan fingerprint density at radius 1 is 1.53 bits per heavy atom. The molecule has 17 heavy (non-hydrogen) atoms. The molecule has 1 atom stereocenters. The Bertz CT molecular complexity index is 554. The van der Waals surface area contributed by atoms with Gasteiger partial charge in [-0.25, -0.2) is 0 Å². The summed E-state index contributed by atoms with van der Waals surface area (Å²) in [6, 6.07) is 8.93. The summed E-state index contributed by atoms with van der Waals surface area (Å²) in [7, 11) is 0. The number of aryl methyl sites for hydroxylation is 1. The zero-order chi connectivity index (χ0) is 12.3. The van der Waals surface area contributed by atoms with Gasteiger partial charge in [0.1, 0.15) is 5.75 Å². The van der Waals surface area contributed by atoms with Crippen molar-refractivity contribution in [1.82, 2.24) is 9.78 Å². The van der Waals surface area contributed by atoms with Gasteiger partial charge in [-0.05, 0) is 30.2 Å². The van der Waals surface area contributed by atoms with Gasteiger partial charge in [-0.3, -0.25) is 4.68 Å². The maximum Gasteiger partial charge on any atom is 0.115 e. The first-order valence-corrected chi connectivity index (χ1v) is 5.37. The average Bonchev–Trinajstić information content (AvgIpc) is 2.72. The lowest BCUT2D eigenvalue weighted by Gasteiger charge is -2.15. The van der Waals surface area contributed by atoms with Gasteiger partial charge < -0.3 is 5.11 Å². The molecule has 0 fully saturated rings. The van der Waals surface area contributed by atoms with E-state index < -0.39 is 0 Å². The van der Waals surface area contributed by atoms with Crippen molar-refractivity contribution >= 4 is 0 Å². The molecule has 0 amide bonds. The molecule has 4 heteroatoms. The van der Waals surface area contributed by atoms with Crippen molar-refractivity contribution in [2.45, 2.75) is 19.4 Å². The van der Waals surface area contributed by atoms with Crippen LogP contribution in [0.3, 0.4) is 0 Å². The molecule has 2 aromatic rings. The fourth-order valence-electron chi connectivity index (χ4n) is 1.79. The van der Waals surface area contributed by atoms with Crippen molar-refractivity contribution in [3.05, 3.63) is 47.8 Å². The highest BCUT2D eigenvalue weighted by molar-refractivity contribution is 5.30. The van der Waals surface area contributed by atoms with Crippen LogP contribution in [0.2, 0.25) is 0 Å². The highest BCUT2D eigenvalue weighted by Crippen LogP contribution is 2.24. The molecule has 4 nitrogen and oxygen atoms in total. The van der Waals surface area contributed by atoms with Crippen molar-refractivity contribution in [1.29, 1.82) is 5.26 Å². The average molecular weight is 227 g/mol. The van der Waals surface area contributed by atoms with E-state index >= 15 is 0 Å². The number of benzene rings is 1. The first-order valence-electron chi connectivity index (χ1n) is 5.37. The molecule has 2 rings (SSSR count). The smallest absolute Gasteiger partial charge is 0.115 e. The summed E-state index contributed by atoms with van der Waals surface area (Å²) in [6.45, 7) is 1.95. The minimum absolute atomic E-state index is 0.152. The van der Waals surface area contributed by atoms with Gasteiger partial charge in [0.15, 0.2) is 0 Å². The Balaban J connectivity index is 2.39. The van der Waals surface area contributed by atoms with Crippen LogP contribution in [-0.4, -0.2) is 14.9 Å². The van der Waals surface area contributed by atoms with E-state index in [4.69, 9.17) is 5.26 Å². The van der Waals surface area contributed by atoms with Gasteiger partial charge in [0.05, 0.1) is 24.7 Å². The Morgan fingerprint density at radius 3 is 2.94 bits per heavy atom. The lowest BCUT2D eigenvalue weighted by molar-refractivity contribution is 0.470. The Kier molecular flexibility index (Phi) is 3.10. The van der Waals surface area contributed by atoms with Gasteiger partial charge in [0.2, 0.25) is 0 Å². The summed E-state index contributed by atoms with van der Waals surface area (Å²) in [6.07, 6.45) is 3.98. The zero-order valence-corrected chi connectivity index (χ0v) is 9.54. The third-order valence-corrected chi connectivity index (χ3v) is 2.59. The Labute approximate surface area is 99.7 Å². The van der Waals surface area contributed by atoms with Gasteiger partial charge in [-0.15, -0.1) is 0 Å². The summed E-state index contributed by atoms with van der Waals surface area (Å²) >= 11 is 0. The van der Waals surface area contributed by atoms with Crippen LogP contribution in [-0.2, 0) is 0 Å². The molecule has 0 aliphatic rings. The zero-order valence-electron chi connectivity index (χ0n) is 9.54. The first kappa shape index (κ1) is 11.2. The lowest BCUT2D eigenvalue weighted by atomic mass is 10.0. The van der Waals surface area contributed by atoms with Crippen LogP contribution in [0.4, 0.5) is 0 Å². The fourth-order valence-corrected chi connectivity index (χ4v) is 1.79. The maximum absolute atomic E-state index is 9.47. The molecular formula is C13H13N3O. The van der Waals surface area contributed by atoms with Gasteiger partial charge >= 0.3 is 0 Å². The van der Waals surface area contributed by atoms with E-state index in [-0.39, 0.29) is 11.8 Å². The molecule has 0 unspecified atom stereocenters. The highest BCUT2D eigenvalue weighted by Gasteiger charge is 2.14. The standard InChI is InChI=1S/C13H13N3O/c1-10-8-15-16(9-10)13(5-6-14)11-3-2-4-12(17)7-11/h2-4,7-9,13,17H,5H2,1H3/t13-/m1/s1. The predicted molar refractivity (Wildman–Crippen MR) is 63.4 cm³/mol. The predicted octanol–water partition coefficient (Wildman–Crippen LogP) is 2.40. The van der Waals surface area contributed by atoms with Gasteiger partial charge in [0, 0.05) is 6.20 Å². The highest BCUT2D eigenvalue weighted by atomic mass is 16.3. The Morgan fingerprint density at radius 2 is 2.35 bits per heavy atom. The minimum atomic E-state index is -0.152. The van der Waals surface area contributed by atoms with Crippen molar-refractivity contribution in [3.8, 4) is 11.8 Å². The molecule has 1 N–H and O–H groups in total. The molecule has 0 aliphatic carbocycles.